The van der Waals surface area contributed by atoms with Gasteiger partial charge < -0.3 is 4.52 Å². The van der Waals surface area contributed by atoms with Crippen LogP contribution in [0.5, 0.6) is 0 Å². The molecule has 0 aliphatic rings. The van der Waals surface area contributed by atoms with E-state index in [1.807, 2.05) is 20.1 Å². The Balaban J connectivity index is 2.39. The maximum atomic E-state index is 4.88. The maximum Gasteiger partial charge on any atom is 0.138 e. The zero-order chi connectivity index (χ0) is 9.52. The minimum absolute atomic E-state index is 0.580. The summed E-state index contributed by atoms with van der Waals surface area (Å²) in [6, 6.07) is 0. The Bertz CT molecular complexity index is 302. The number of hydrogen-bond donors (Lipinski definition) is 0. The smallest absolute Gasteiger partial charge is 0.138 e. The molecule has 0 aliphatic heterocycles. The van der Waals surface area contributed by atoms with Crippen molar-refractivity contribution in [2.24, 2.45) is 9.98 Å². The monoisotopic (exact) mass is 179 g/mol. The van der Waals surface area contributed by atoms with Gasteiger partial charge in [-0.15, -0.1) is 0 Å². The highest BCUT2D eigenvalue weighted by Gasteiger charge is 1.99. The Morgan fingerprint density at radius 1 is 1.62 bits per heavy atom. The fourth-order valence-electron chi connectivity index (χ4n) is 0.810. The molecule has 0 bridgehead atoms. The Labute approximate surface area is 77.4 Å². The van der Waals surface area contributed by atoms with Gasteiger partial charge in [-0.25, -0.2) is 4.99 Å². The van der Waals surface area contributed by atoms with Crippen molar-refractivity contribution in [3.8, 4) is 0 Å². The molecule has 4 heteroatoms. The summed E-state index contributed by atoms with van der Waals surface area (Å²) in [5, 5.41) is 3.65. The molecule has 0 amide bonds. The van der Waals surface area contributed by atoms with Crippen LogP contribution in [0.25, 0.3) is 0 Å². The van der Waals surface area contributed by atoms with Crippen LogP contribution in [-0.4, -0.2) is 17.7 Å². The lowest BCUT2D eigenvalue weighted by Gasteiger charge is -1.87. The Morgan fingerprint density at radius 2 is 2.46 bits per heavy atom. The topological polar surface area (TPSA) is 50.8 Å². The number of nitrogens with zero attached hydrogens (tertiary/aromatic N) is 3. The zero-order valence-electron chi connectivity index (χ0n) is 7.90. The molecule has 1 rings (SSSR count). The SMILES string of the molecule is CCC=NC=NCc1cnoc1C. The summed E-state index contributed by atoms with van der Waals surface area (Å²) in [6.07, 6.45) is 5.97. The molecule has 70 valence electrons. The number of aryl methyl sites for hydroxylation is 1. The summed E-state index contributed by atoms with van der Waals surface area (Å²) < 4.78 is 4.88. The lowest BCUT2D eigenvalue weighted by Crippen LogP contribution is -1.81. The molecule has 1 aromatic heterocycles. The van der Waals surface area contributed by atoms with Gasteiger partial charge in [0.1, 0.15) is 12.1 Å². The molecule has 0 N–H and O–H groups in total. The first kappa shape index (κ1) is 9.64. The van der Waals surface area contributed by atoms with Crippen LogP contribution in [0.3, 0.4) is 0 Å². The van der Waals surface area contributed by atoms with Crippen LogP contribution in [0.2, 0.25) is 0 Å². The molecule has 0 spiro atoms. The van der Waals surface area contributed by atoms with Crippen LogP contribution in [0.15, 0.2) is 20.7 Å². The second-order valence-corrected chi connectivity index (χ2v) is 2.60. The molecule has 0 unspecified atom stereocenters. The molecule has 1 aromatic rings. The fraction of sp³-hybridized carbons (Fsp3) is 0.444. The summed E-state index contributed by atoms with van der Waals surface area (Å²) >= 11 is 0. The van der Waals surface area contributed by atoms with Crippen molar-refractivity contribution in [2.75, 3.05) is 0 Å². The third kappa shape index (κ3) is 3.19. The lowest BCUT2D eigenvalue weighted by atomic mass is 10.3. The van der Waals surface area contributed by atoms with E-state index in [4.69, 9.17) is 4.52 Å². The van der Waals surface area contributed by atoms with Crippen molar-refractivity contribution >= 4 is 12.6 Å². The average molecular weight is 179 g/mol. The summed E-state index contributed by atoms with van der Waals surface area (Å²) in [5.41, 5.74) is 1.00. The van der Waals surface area contributed by atoms with Gasteiger partial charge in [0, 0.05) is 11.8 Å². The van der Waals surface area contributed by atoms with E-state index in [0.29, 0.717) is 6.54 Å². The highest BCUT2D eigenvalue weighted by Crippen LogP contribution is 2.06. The molecule has 0 saturated carbocycles. The predicted molar refractivity (Wildman–Crippen MR) is 52.2 cm³/mol. The largest absolute Gasteiger partial charge is 0.361 e. The first-order chi connectivity index (χ1) is 6.34. The van der Waals surface area contributed by atoms with E-state index in [0.717, 1.165) is 17.7 Å². The van der Waals surface area contributed by atoms with Gasteiger partial charge in [-0.3, -0.25) is 4.99 Å². The van der Waals surface area contributed by atoms with Crippen LogP contribution < -0.4 is 0 Å². The summed E-state index contributed by atoms with van der Waals surface area (Å²) in [4.78, 5) is 8.04. The second-order valence-electron chi connectivity index (χ2n) is 2.60. The van der Waals surface area contributed by atoms with Gasteiger partial charge in [0.2, 0.25) is 0 Å². The normalized spacial score (nSPS) is 11.8. The average Bonchev–Trinajstić information content (AvgIpc) is 2.52. The van der Waals surface area contributed by atoms with Crippen LogP contribution in [0.1, 0.15) is 24.7 Å². The zero-order valence-corrected chi connectivity index (χ0v) is 7.90. The van der Waals surface area contributed by atoms with Crippen LogP contribution in [0, 0.1) is 6.92 Å². The van der Waals surface area contributed by atoms with Gasteiger partial charge in [0.05, 0.1) is 12.7 Å². The van der Waals surface area contributed by atoms with Crippen molar-refractivity contribution in [2.45, 2.75) is 26.8 Å². The van der Waals surface area contributed by atoms with E-state index in [2.05, 4.69) is 15.1 Å². The molecule has 0 atom stereocenters. The number of rotatable bonds is 4. The molecule has 0 radical (unpaired) electrons. The van der Waals surface area contributed by atoms with E-state index in [1.54, 1.807) is 12.5 Å². The minimum Gasteiger partial charge on any atom is -0.361 e. The van der Waals surface area contributed by atoms with Crippen molar-refractivity contribution < 1.29 is 4.52 Å². The van der Waals surface area contributed by atoms with Crippen molar-refractivity contribution in [1.29, 1.82) is 0 Å². The molecule has 4 nitrogen and oxygen atoms in total. The predicted octanol–water partition coefficient (Wildman–Crippen LogP) is 1.99. The van der Waals surface area contributed by atoms with Gasteiger partial charge >= 0.3 is 0 Å². The van der Waals surface area contributed by atoms with Crippen LogP contribution in [-0.2, 0) is 6.54 Å². The van der Waals surface area contributed by atoms with E-state index in [1.165, 1.54) is 0 Å². The fourth-order valence-corrected chi connectivity index (χ4v) is 0.810. The first-order valence-corrected chi connectivity index (χ1v) is 4.24. The van der Waals surface area contributed by atoms with Crippen molar-refractivity contribution in [1.82, 2.24) is 5.16 Å². The number of aliphatic imine (C=N–C) groups is 2. The lowest BCUT2D eigenvalue weighted by molar-refractivity contribution is 0.396. The van der Waals surface area contributed by atoms with Gasteiger partial charge in [0.15, 0.2) is 0 Å². The Hall–Kier alpha value is -1.45. The number of hydrogen-bond acceptors (Lipinski definition) is 3. The van der Waals surface area contributed by atoms with Crippen molar-refractivity contribution in [3.63, 3.8) is 0 Å². The van der Waals surface area contributed by atoms with E-state index >= 15 is 0 Å². The summed E-state index contributed by atoms with van der Waals surface area (Å²) in [6.45, 7) is 4.48. The van der Waals surface area contributed by atoms with Gasteiger partial charge in [-0.2, -0.15) is 0 Å². The second kappa shape index (κ2) is 5.24. The van der Waals surface area contributed by atoms with Crippen LogP contribution in [0.4, 0.5) is 0 Å². The summed E-state index contributed by atoms with van der Waals surface area (Å²) in [7, 11) is 0. The number of aromatic nitrogens is 1. The van der Waals surface area contributed by atoms with Gasteiger partial charge in [-0.05, 0) is 13.3 Å². The van der Waals surface area contributed by atoms with E-state index in [-0.39, 0.29) is 0 Å². The molecule has 0 aliphatic carbocycles. The maximum absolute atomic E-state index is 4.88. The van der Waals surface area contributed by atoms with Gasteiger partial charge in [-0.1, -0.05) is 12.1 Å². The Morgan fingerprint density at radius 3 is 3.08 bits per heavy atom. The molecule has 1 heterocycles. The third-order valence-corrected chi connectivity index (χ3v) is 1.55. The minimum atomic E-state index is 0.580. The standard InChI is InChI=1S/C9H13N3O/c1-3-4-10-7-11-5-9-6-12-13-8(9)2/h4,6-7H,3,5H2,1-2H3. The van der Waals surface area contributed by atoms with Crippen molar-refractivity contribution in [3.05, 3.63) is 17.5 Å². The molecule has 0 saturated heterocycles. The van der Waals surface area contributed by atoms with Gasteiger partial charge in [0.25, 0.3) is 0 Å². The molecular formula is C9H13N3O. The summed E-state index contributed by atoms with van der Waals surface area (Å²) in [5.74, 6) is 0.816. The quantitative estimate of drug-likeness (QED) is 0.524. The third-order valence-electron chi connectivity index (χ3n) is 1.55. The molecular weight excluding hydrogens is 166 g/mol. The highest BCUT2D eigenvalue weighted by molar-refractivity contribution is 5.71. The van der Waals surface area contributed by atoms with E-state index in [9.17, 15) is 0 Å². The molecule has 13 heavy (non-hydrogen) atoms. The van der Waals surface area contributed by atoms with Crippen LogP contribution >= 0.6 is 0 Å². The first-order valence-electron chi connectivity index (χ1n) is 4.24. The molecule has 0 aromatic carbocycles. The Kier molecular flexibility index (Phi) is 3.88. The van der Waals surface area contributed by atoms with E-state index < -0.39 is 0 Å². The molecule has 0 fully saturated rings. The highest BCUT2D eigenvalue weighted by atomic mass is 16.5.